The molecule has 7 nitrogen and oxygen atoms in total. The van der Waals surface area contributed by atoms with Crippen LogP contribution in [0.5, 0.6) is 0 Å². The summed E-state index contributed by atoms with van der Waals surface area (Å²) in [6.45, 7) is 1.64. The van der Waals surface area contributed by atoms with Gasteiger partial charge in [0, 0.05) is 4.47 Å². The molecule has 1 aromatic heterocycles. The Morgan fingerprint density at radius 2 is 2.15 bits per heavy atom. The smallest absolute Gasteiger partial charge is 0.336 e. The van der Waals surface area contributed by atoms with Crippen LogP contribution in [0, 0.1) is 6.92 Å². The molecular formula is C11H9BrN2O5S. The fourth-order valence-corrected chi connectivity index (χ4v) is 2.79. The number of carbonyl (C=O) groups is 1. The third-order valence-electron chi connectivity index (χ3n) is 2.32. The number of nitrogens with zero attached hydrogens (tertiary/aromatic N) is 1. The van der Waals surface area contributed by atoms with Crippen LogP contribution in [-0.4, -0.2) is 24.5 Å². The second-order valence-corrected chi connectivity index (χ2v) is 6.38. The van der Waals surface area contributed by atoms with E-state index in [-0.39, 0.29) is 20.9 Å². The van der Waals surface area contributed by atoms with E-state index in [9.17, 15) is 13.2 Å². The highest BCUT2D eigenvalue weighted by Gasteiger charge is 2.20. The number of hydrogen-bond donors (Lipinski definition) is 2. The number of aromatic carboxylic acids is 1. The first-order valence-corrected chi connectivity index (χ1v) is 7.55. The van der Waals surface area contributed by atoms with Crippen LogP contribution in [0.3, 0.4) is 0 Å². The van der Waals surface area contributed by atoms with E-state index in [1.807, 2.05) is 0 Å². The van der Waals surface area contributed by atoms with Gasteiger partial charge in [0.25, 0.3) is 10.0 Å². The lowest BCUT2D eigenvalue weighted by Gasteiger charge is -2.06. The van der Waals surface area contributed by atoms with Crippen LogP contribution in [0.1, 0.15) is 16.1 Å². The zero-order valence-electron chi connectivity index (χ0n) is 10.1. The molecule has 0 aliphatic heterocycles. The summed E-state index contributed by atoms with van der Waals surface area (Å²) < 4.78 is 31.5. The second-order valence-electron chi connectivity index (χ2n) is 3.85. The quantitative estimate of drug-likeness (QED) is 0.864. The van der Waals surface area contributed by atoms with E-state index in [0.29, 0.717) is 5.69 Å². The van der Waals surface area contributed by atoms with E-state index in [2.05, 4.69) is 25.6 Å². The van der Waals surface area contributed by atoms with E-state index in [4.69, 9.17) is 9.52 Å². The number of aryl methyl sites for hydroxylation is 1. The van der Waals surface area contributed by atoms with Crippen molar-refractivity contribution in [1.82, 2.24) is 4.98 Å². The molecule has 2 N–H and O–H groups in total. The van der Waals surface area contributed by atoms with Crippen LogP contribution in [0.4, 0.5) is 6.01 Å². The van der Waals surface area contributed by atoms with E-state index in [0.717, 1.165) is 6.07 Å². The van der Waals surface area contributed by atoms with Crippen LogP contribution >= 0.6 is 15.9 Å². The van der Waals surface area contributed by atoms with Gasteiger partial charge < -0.3 is 9.52 Å². The summed E-state index contributed by atoms with van der Waals surface area (Å²) in [6.07, 6.45) is 1.29. The number of halogens is 1. The lowest BCUT2D eigenvalue weighted by Crippen LogP contribution is -2.14. The van der Waals surface area contributed by atoms with Crippen LogP contribution < -0.4 is 4.72 Å². The number of sulfonamides is 1. The van der Waals surface area contributed by atoms with E-state index in [1.165, 1.54) is 18.4 Å². The van der Waals surface area contributed by atoms with Crippen molar-refractivity contribution < 1.29 is 22.7 Å². The van der Waals surface area contributed by atoms with Crippen molar-refractivity contribution in [2.45, 2.75) is 11.8 Å². The van der Waals surface area contributed by atoms with Crippen LogP contribution in [0.15, 0.2) is 38.2 Å². The number of aromatic nitrogens is 1. The molecule has 1 aromatic carbocycles. The minimum atomic E-state index is -3.96. The molecule has 0 spiro atoms. The Morgan fingerprint density at radius 3 is 2.70 bits per heavy atom. The van der Waals surface area contributed by atoms with Crippen molar-refractivity contribution in [1.29, 1.82) is 0 Å². The van der Waals surface area contributed by atoms with Crippen molar-refractivity contribution in [3.63, 3.8) is 0 Å². The average molecular weight is 361 g/mol. The first-order chi connectivity index (χ1) is 9.29. The molecule has 0 aliphatic carbocycles. The number of nitrogens with one attached hydrogen (secondary N) is 1. The molecule has 0 fully saturated rings. The van der Waals surface area contributed by atoms with E-state index >= 15 is 0 Å². The molecule has 1 heterocycles. The molecule has 2 aromatic rings. The van der Waals surface area contributed by atoms with Crippen molar-refractivity contribution in [2.24, 2.45) is 0 Å². The summed E-state index contributed by atoms with van der Waals surface area (Å²) in [5.41, 5.74) is 0.362. The third kappa shape index (κ3) is 2.99. The van der Waals surface area contributed by atoms with Crippen LogP contribution in [0.25, 0.3) is 0 Å². The molecule has 0 saturated heterocycles. The zero-order valence-corrected chi connectivity index (χ0v) is 12.5. The lowest BCUT2D eigenvalue weighted by atomic mass is 10.2. The van der Waals surface area contributed by atoms with Gasteiger partial charge in [-0.1, -0.05) is 0 Å². The molecule has 0 atom stereocenters. The average Bonchev–Trinajstić information content (AvgIpc) is 2.73. The molecule has 0 amide bonds. The highest BCUT2D eigenvalue weighted by atomic mass is 79.9. The van der Waals surface area contributed by atoms with E-state index < -0.39 is 16.0 Å². The van der Waals surface area contributed by atoms with Gasteiger partial charge in [-0.25, -0.2) is 17.9 Å². The Kier molecular flexibility index (Phi) is 3.82. The van der Waals surface area contributed by atoms with Gasteiger partial charge in [0.1, 0.15) is 6.26 Å². The third-order valence-corrected chi connectivity index (χ3v) is 4.33. The predicted molar refractivity (Wildman–Crippen MR) is 73.1 cm³/mol. The summed E-state index contributed by atoms with van der Waals surface area (Å²) in [5, 5.41) is 8.97. The van der Waals surface area contributed by atoms with Gasteiger partial charge in [0.15, 0.2) is 0 Å². The number of rotatable bonds is 4. The monoisotopic (exact) mass is 360 g/mol. The zero-order chi connectivity index (χ0) is 14.9. The predicted octanol–water partition coefficient (Wildman–Crippen LogP) is 2.24. The summed E-state index contributed by atoms with van der Waals surface area (Å²) in [4.78, 5) is 14.6. The van der Waals surface area contributed by atoms with Crippen LogP contribution in [-0.2, 0) is 10.0 Å². The minimum Gasteiger partial charge on any atom is -0.478 e. The van der Waals surface area contributed by atoms with Gasteiger partial charge in [-0.3, -0.25) is 0 Å². The van der Waals surface area contributed by atoms with Crippen LogP contribution in [0.2, 0.25) is 0 Å². The minimum absolute atomic E-state index is 0.156. The Labute approximate surface area is 122 Å². The molecule has 0 radical (unpaired) electrons. The molecule has 106 valence electrons. The number of hydrogen-bond acceptors (Lipinski definition) is 5. The number of carboxylic acid groups (broad SMARTS) is 1. The van der Waals surface area contributed by atoms with Gasteiger partial charge in [0.2, 0.25) is 0 Å². The maximum Gasteiger partial charge on any atom is 0.336 e. The van der Waals surface area contributed by atoms with Crippen molar-refractivity contribution >= 4 is 37.9 Å². The summed E-state index contributed by atoms with van der Waals surface area (Å²) in [7, 11) is -3.96. The van der Waals surface area contributed by atoms with Gasteiger partial charge >= 0.3 is 12.0 Å². The molecule has 20 heavy (non-hydrogen) atoms. The van der Waals surface area contributed by atoms with Gasteiger partial charge in [0.05, 0.1) is 16.2 Å². The molecule has 0 saturated carbocycles. The highest BCUT2D eigenvalue weighted by Crippen LogP contribution is 2.22. The number of carboxylic acids is 1. The molecule has 0 bridgehead atoms. The Morgan fingerprint density at radius 1 is 1.45 bits per heavy atom. The largest absolute Gasteiger partial charge is 0.478 e. The maximum atomic E-state index is 12.1. The van der Waals surface area contributed by atoms with Crippen molar-refractivity contribution in [3.05, 3.63) is 40.2 Å². The molecule has 2 rings (SSSR count). The second kappa shape index (κ2) is 5.25. The first-order valence-electron chi connectivity index (χ1n) is 5.27. The molecular weight excluding hydrogens is 352 g/mol. The summed E-state index contributed by atoms with van der Waals surface area (Å²) >= 11 is 3.04. The molecule has 0 unspecified atom stereocenters. The number of oxazole rings is 1. The normalized spacial score (nSPS) is 11.3. The fraction of sp³-hybridized carbons (Fsp3) is 0.0909. The SMILES string of the molecule is Cc1coc(NS(=O)(=O)c2ccc(Br)c(C(=O)O)c2)n1. The lowest BCUT2D eigenvalue weighted by molar-refractivity contribution is 0.0695. The summed E-state index contributed by atoms with van der Waals surface area (Å²) in [6, 6.07) is 3.49. The Bertz CT molecular complexity index is 769. The Hall–Kier alpha value is -1.87. The fourth-order valence-electron chi connectivity index (χ4n) is 1.41. The number of anilines is 1. The topological polar surface area (TPSA) is 110 Å². The summed E-state index contributed by atoms with van der Waals surface area (Å²) in [5.74, 6) is -1.24. The van der Waals surface area contributed by atoms with Gasteiger partial charge in [-0.05, 0) is 41.1 Å². The molecule has 0 aliphatic rings. The number of benzene rings is 1. The first kappa shape index (κ1) is 14.5. The standard InChI is InChI=1S/C11H9BrN2O5S/c1-6-5-19-11(13-6)14-20(17,18)7-2-3-9(12)8(4-7)10(15)16/h2-5H,1H3,(H,13,14)(H,15,16). The van der Waals surface area contributed by atoms with Gasteiger partial charge in [-0.15, -0.1) is 0 Å². The van der Waals surface area contributed by atoms with E-state index in [1.54, 1.807) is 6.92 Å². The maximum absolute atomic E-state index is 12.1. The molecule has 9 heteroatoms. The van der Waals surface area contributed by atoms with Crippen molar-refractivity contribution in [3.8, 4) is 0 Å². The van der Waals surface area contributed by atoms with Gasteiger partial charge in [-0.2, -0.15) is 4.98 Å². The Balaban J connectivity index is 2.39. The van der Waals surface area contributed by atoms with Crippen molar-refractivity contribution in [2.75, 3.05) is 4.72 Å². The highest BCUT2D eigenvalue weighted by molar-refractivity contribution is 9.10.